The standard InChI is InChI=1S/C12H22N4/c1-4-16-6-5-11(7-10(16)2)14-12-8-13-15(3)9-12/h8-11,14H,4-7H2,1-3H3. The van der Waals surface area contributed by atoms with Crippen molar-refractivity contribution in [1.29, 1.82) is 0 Å². The molecule has 4 heteroatoms. The Labute approximate surface area is 97.6 Å². The van der Waals surface area contributed by atoms with Crippen molar-refractivity contribution in [3.8, 4) is 0 Å². The third kappa shape index (κ3) is 2.55. The molecule has 0 spiro atoms. The quantitative estimate of drug-likeness (QED) is 0.845. The maximum absolute atomic E-state index is 4.18. The average Bonchev–Trinajstić information content (AvgIpc) is 2.64. The van der Waals surface area contributed by atoms with Crippen LogP contribution in [0.3, 0.4) is 0 Å². The highest BCUT2D eigenvalue weighted by molar-refractivity contribution is 5.39. The zero-order valence-corrected chi connectivity index (χ0v) is 10.5. The van der Waals surface area contributed by atoms with Crippen molar-refractivity contribution in [3.05, 3.63) is 12.4 Å². The van der Waals surface area contributed by atoms with E-state index in [1.165, 1.54) is 25.9 Å². The van der Waals surface area contributed by atoms with Gasteiger partial charge >= 0.3 is 0 Å². The van der Waals surface area contributed by atoms with Gasteiger partial charge in [0, 0.05) is 31.9 Å². The maximum Gasteiger partial charge on any atom is 0.0728 e. The Morgan fingerprint density at radius 3 is 2.94 bits per heavy atom. The number of piperidine rings is 1. The minimum absolute atomic E-state index is 0.599. The summed E-state index contributed by atoms with van der Waals surface area (Å²) in [5, 5.41) is 7.74. The lowest BCUT2D eigenvalue weighted by atomic mass is 9.98. The third-order valence-electron chi connectivity index (χ3n) is 3.50. The highest BCUT2D eigenvalue weighted by Gasteiger charge is 2.24. The molecule has 2 unspecified atom stereocenters. The Kier molecular flexibility index (Phi) is 3.49. The molecule has 0 saturated carbocycles. The van der Waals surface area contributed by atoms with E-state index < -0.39 is 0 Å². The number of nitrogens with zero attached hydrogens (tertiary/aromatic N) is 3. The molecule has 1 aromatic heterocycles. The second kappa shape index (κ2) is 4.87. The average molecular weight is 222 g/mol. The van der Waals surface area contributed by atoms with E-state index in [1.807, 2.05) is 24.1 Å². The molecule has 1 aliphatic heterocycles. The molecule has 1 fully saturated rings. The van der Waals surface area contributed by atoms with Gasteiger partial charge < -0.3 is 10.2 Å². The molecule has 2 heterocycles. The minimum Gasteiger partial charge on any atom is -0.380 e. The molecule has 1 aliphatic rings. The van der Waals surface area contributed by atoms with Crippen molar-refractivity contribution in [1.82, 2.24) is 14.7 Å². The van der Waals surface area contributed by atoms with Gasteiger partial charge in [0.1, 0.15) is 0 Å². The molecule has 2 atom stereocenters. The van der Waals surface area contributed by atoms with Gasteiger partial charge in [-0.2, -0.15) is 5.10 Å². The summed E-state index contributed by atoms with van der Waals surface area (Å²) in [5.74, 6) is 0. The third-order valence-corrected chi connectivity index (χ3v) is 3.50. The van der Waals surface area contributed by atoms with Gasteiger partial charge in [0.05, 0.1) is 11.9 Å². The van der Waals surface area contributed by atoms with E-state index in [2.05, 4.69) is 29.2 Å². The summed E-state index contributed by atoms with van der Waals surface area (Å²) < 4.78 is 1.84. The van der Waals surface area contributed by atoms with Crippen molar-refractivity contribution >= 4 is 5.69 Å². The van der Waals surface area contributed by atoms with E-state index in [0.29, 0.717) is 12.1 Å². The summed E-state index contributed by atoms with van der Waals surface area (Å²) in [5.41, 5.74) is 1.14. The molecular weight excluding hydrogens is 200 g/mol. The Bertz CT molecular complexity index is 334. The molecule has 0 bridgehead atoms. The van der Waals surface area contributed by atoms with Gasteiger partial charge in [0.2, 0.25) is 0 Å². The molecule has 90 valence electrons. The molecule has 1 N–H and O–H groups in total. The first-order chi connectivity index (χ1) is 7.69. The number of nitrogens with one attached hydrogen (secondary N) is 1. The van der Waals surface area contributed by atoms with Gasteiger partial charge in [-0.05, 0) is 26.3 Å². The zero-order valence-electron chi connectivity index (χ0n) is 10.5. The lowest BCUT2D eigenvalue weighted by Crippen LogP contribution is -2.44. The van der Waals surface area contributed by atoms with Crippen LogP contribution in [-0.4, -0.2) is 39.9 Å². The van der Waals surface area contributed by atoms with Crippen LogP contribution in [0.5, 0.6) is 0 Å². The fraction of sp³-hybridized carbons (Fsp3) is 0.750. The van der Waals surface area contributed by atoms with Crippen LogP contribution in [0.2, 0.25) is 0 Å². The topological polar surface area (TPSA) is 33.1 Å². The number of aromatic nitrogens is 2. The highest BCUT2D eigenvalue weighted by atomic mass is 15.3. The Morgan fingerprint density at radius 2 is 2.38 bits per heavy atom. The van der Waals surface area contributed by atoms with E-state index >= 15 is 0 Å². The van der Waals surface area contributed by atoms with Crippen molar-refractivity contribution in [3.63, 3.8) is 0 Å². The lowest BCUT2D eigenvalue weighted by Gasteiger charge is -2.37. The van der Waals surface area contributed by atoms with Crippen LogP contribution in [0.25, 0.3) is 0 Å². The molecule has 0 radical (unpaired) electrons. The van der Waals surface area contributed by atoms with E-state index in [9.17, 15) is 0 Å². The van der Waals surface area contributed by atoms with E-state index in [1.54, 1.807) is 0 Å². The molecule has 16 heavy (non-hydrogen) atoms. The summed E-state index contributed by atoms with van der Waals surface area (Å²) >= 11 is 0. The van der Waals surface area contributed by atoms with Gasteiger partial charge in [-0.15, -0.1) is 0 Å². The summed E-state index contributed by atoms with van der Waals surface area (Å²) in [4.78, 5) is 2.54. The fourth-order valence-electron chi connectivity index (χ4n) is 2.55. The van der Waals surface area contributed by atoms with Gasteiger partial charge in [-0.1, -0.05) is 6.92 Å². The fourth-order valence-corrected chi connectivity index (χ4v) is 2.55. The number of hydrogen-bond acceptors (Lipinski definition) is 3. The number of rotatable bonds is 3. The summed E-state index contributed by atoms with van der Waals surface area (Å²) in [6, 6.07) is 1.29. The van der Waals surface area contributed by atoms with Gasteiger partial charge in [-0.25, -0.2) is 0 Å². The van der Waals surface area contributed by atoms with Gasteiger partial charge in [-0.3, -0.25) is 4.68 Å². The van der Waals surface area contributed by atoms with Crippen LogP contribution in [0, 0.1) is 0 Å². The normalized spacial score (nSPS) is 26.9. The number of likely N-dealkylation sites (tertiary alicyclic amines) is 1. The molecule has 0 aromatic carbocycles. The largest absolute Gasteiger partial charge is 0.380 e. The van der Waals surface area contributed by atoms with Crippen LogP contribution >= 0.6 is 0 Å². The van der Waals surface area contributed by atoms with Crippen LogP contribution < -0.4 is 5.32 Å². The zero-order chi connectivity index (χ0) is 11.5. The predicted molar refractivity (Wildman–Crippen MR) is 66.6 cm³/mol. The monoisotopic (exact) mass is 222 g/mol. The molecule has 0 aliphatic carbocycles. The molecular formula is C12H22N4. The van der Waals surface area contributed by atoms with Crippen molar-refractivity contribution in [2.24, 2.45) is 7.05 Å². The molecule has 4 nitrogen and oxygen atoms in total. The molecule has 2 rings (SSSR count). The second-order valence-electron chi connectivity index (χ2n) is 4.75. The number of aryl methyl sites for hydroxylation is 1. The predicted octanol–water partition coefficient (Wildman–Crippen LogP) is 1.70. The molecule has 1 saturated heterocycles. The number of anilines is 1. The van der Waals surface area contributed by atoms with Crippen molar-refractivity contribution < 1.29 is 0 Å². The number of hydrogen-bond donors (Lipinski definition) is 1. The first-order valence-corrected chi connectivity index (χ1v) is 6.18. The van der Waals surface area contributed by atoms with Crippen LogP contribution in [0.1, 0.15) is 26.7 Å². The SMILES string of the molecule is CCN1CCC(Nc2cnn(C)c2)CC1C. The molecule has 1 aromatic rings. The minimum atomic E-state index is 0.599. The second-order valence-corrected chi connectivity index (χ2v) is 4.75. The summed E-state index contributed by atoms with van der Waals surface area (Å²) in [7, 11) is 1.95. The Hall–Kier alpha value is -1.03. The van der Waals surface area contributed by atoms with Crippen molar-refractivity contribution in [2.75, 3.05) is 18.4 Å². The van der Waals surface area contributed by atoms with E-state index in [4.69, 9.17) is 0 Å². The van der Waals surface area contributed by atoms with Gasteiger partial charge in [0.25, 0.3) is 0 Å². The first-order valence-electron chi connectivity index (χ1n) is 6.18. The van der Waals surface area contributed by atoms with Crippen LogP contribution in [-0.2, 0) is 7.05 Å². The van der Waals surface area contributed by atoms with Crippen LogP contribution in [0.4, 0.5) is 5.69 Å². The molecule has 0 amide bonds. The lowest BCUT2D eigenvalue weighted by molar-refractivity contribution is 0.161. The van der Waals surface area contributed by atoms with Crippen LogP contribution in [0.15, 0.2) is 12.4 Å². The van der Waals surface area contributed by atoms with Gasteiger partial charge in [0.15, 0.2) is 0 Å². The Balaban J connectivity index is 1.88. The summed E-state index contributed by atoms with van der Waals surface area (Å²) in [6.07, 6.45) is 6.39. The smallest absolute Gasteiger partial charge is 0.0728 e. The Morgan fingerprint density at radius 1 is 1.56 bits per heavy atom. The summed E-state index contributed by atoms with van der Waals surface area (Å²) in [6.45, 7) is 6.93. The van der Waals surface area contributed by atoms with E-state index in [-0.39, 0.29) is 0 Å². The highest BCUT2D eigenvalue weighted by Crippen LogP contribution is 2.20. The van der Waals surface area contributed by atoms with E-state index in [0.717, 1.165) is 5.69 Å². The first kappa shape index (κ1) is 11.5. The maximum atomic E-state index is 4.18. The van der Waals surface area contributed by atoms with Crippen molar-refractivity contribution in [2.45, 2.75) is 38.8 Å².